The van der Waals surface area contributed by atoms with E-state index >= 15 is 0 Å². The summed E-state index contributed by atoms with van der Waals surface area (Å²) >= 11 is 0. The topological polar surface area (TPSA) is 185 Å². The van der Waals surface area contributed by atoms with Crippen molar-refractivity contribution in [1.29, 1.82) is 0 Å². The fourth-order valence-electron chi connectivity index (χ4n) is 5.42. The van der Waals surface area contributed by atoms with Crippen LogP contribution in [0.4, 0.5) is 0 Å². The Hall–Kier alpha value is -1.97. The van der Waals surface area contributed by atoms with Gasteiger partial charge in [-0.3, -0.25) is 0 Å². The van der Waals surface area contributed by atoms with Crippen LogP contribution in [0.3, 0.4) is 0 Å². The van der Waals surface area contributed by atoms with Gasteiger partial charge in [0.2, 0.25) is 0 Å². The van der Waals surface area contributed by atoms with E-state index in [0.29, 0.717) is 0 Å². The summed E-state index contributed by atoms with van der Waals surface area (Å²) in [4.78, 5) is 12.1. The van der Waals surface area contributed by atoms with Gasteiger partial charge in [-0.2, -0.15) is 0 Å². The monoisotopic (exact) mass is 510 g/mol. The van der Waals surface area contributed by atoms with Gasteiger partial charge < -0.3 is 54.3 Å². The van der Waals surface area contributed by atoms with Gasteiger partial charge in [0.25, 0.3) is 0 Å². The van der Waals surface area contributed by atoms with Gasteiger partial charge in [-0.15, -0.1) is 0 Å². The van der Waals surface area contributed by atoms with E-state index in [2.05, 4.69) is 0 Å². The number of rotatable bonds is 6. The molecule has 12 heteroatoms. The summed E-state index contributed by atoms with van der Waals surface area (Å²) in [5.74, 6) is -2.24. The van der Waals surface area contributed by atoms with Gasteiger partial charge in [-0.1, -0.05) is 30.3 Å². The van der Waals surface area contributed by atoms with E-state index in [9.17, 15) is 35.4 Å². The summed E-state index contributed by atoms with van der Waals surface area (Å²) in [6.07, 6.45) is -9.68. The van der Waals surface area contributed by atoms with Gasteiger partial charge >= 0.3 is 5.97 Å². The predicted molar refractivity (Wildman–Crippen MR) is 117 cm³/mol. The molecule has 1 saturated carbocycles. The lowest BCUT2D eigenvalue weighted by molar-refractivity contribution is -0.371. The van der Waals surface area contributed by atoms with E-state index in [0.717, 1.165) is 5.56 Å². The zero-order valence-corrected chi connectivity index (χ0v) is 19.1. The Morgan fingerprint density at radius 2 is 1.75 bits per heavy atom. The number of carbonyl (C=O) groups excluding carboxylic acids is 1. The molecule has 1 aromatic rings. The first-order valence-corrected chi connectivity index (χ1v) is 11.8. The van der Waals surface area contributed by atoms with Crippen LogP contribution >= 0.6 is 0 Å². The van der Waals surface area contributed by atoms with Crippen LogP contribution in [0.5, 0.6) is 0 Å². The lowest BCUT2D eigenvalue weighted by Crippen LogP contribution is -2.61. The summed E-state index contributed by atoms with van der Waals surface area (Å²) in [5.41, 5.74) is -1.08. The lowest BCUT2D eigenvalue weighted by atomic mass is 9.82. The molecule has 198 valence electrons. The normalized spacial score (nSPS) is 46.1. The van der Waals surface area contributed by atoms with Gasteiger partial charge in [0.1, 0.15) is 42.7 Å². The maximum atomic E-state index is 12.1. The minimum Gasteiger partial charge on any atom is -0.460 e. The van der Waals surface area contributed by atoms with Crippen molar-refractivity contribution >= 4 is 12.0 Å². The molecule has 12 atom stereocenters. The number of carbonyl (C=O) groups is 1. The van der Waals surface area contributed by atoms with Crippen LogP contribution in [0.2, 0.25) is 0 Å². The Morgan fingerprint density at radius 3 is 2.50 bits per heavy atom. The van der Waals surface area contributed by atoms with Crippen LogP contribution in [0.15, 0.2) is 36.4 Å². The van der Waals surface area contributed by atoms with Crippen molar-refractivity contribution in [3.63, 3.8) is 0 Å². The zero-order valence-electron chi connectivity index (χ0n) is 19.1. The zero-order chi connectivity index (χ0) is 25.6. The number of hydrogen-bond acceptors (Lipinski definition) is 12. The molecule has 5 aliphatic rings. The molecule has 6 rings (SSSR count). The van der Waals surface area contributed by atoms with Crippen molar-refractivity contribution in [3.05, 3.63) is 42.0 Å². The lowest BCUT2D eigenvalue weighted by Gasteiger charge is -2.44. The third kappa shape index (κ3) is 4.58. The molecular weight excluding hydrogens is 480 g/mol. The minimum absolute atomic E-state index is 0.218. The van der Waals surface area contributed by atoms with Gasteiger partial charge in [0.15, 0.2) is 18.9 Å². The molecule has 1 aliphatic carbocycles. The molecule has 4 bridgehead atoms. The van der Waals surface area contributed by atoms with Crippen molar-refractivity contribution < 1.29 is 59.1 Å². The first kappa shape index (κ1) is 25.7. The Bertz CT molecular complexity index is 958. The second kappa shape index (κ2) is 10.1. The summed E-state index contributed by atoms with van der Waals surface area (Å²) in [5, 5.41) is 63.1. The van der Waals surface area contributed by atoms with Gasteiger partial charge in [-0.25, -0.2) is 4.79 Å². The fraction of sp³-hybridized carbons (Fsp3) is 0.625. The van der Waals surface area contributed by atoms with Crippen molar-refractivity contribution in [3.8, 4) is 0 Å². The van der Waals surface area contributed by atoms with E-state index in [1.54, 1.807) is 18.2 Å². The first-order chi connectivity index (χ1) is 17.2. The maximum Gasteiger partial charge on any atom is 0.330 e. The highest BCUT2D eigenvalue weighted by Crippen LogP contribution is 2.52. The average molecular weight is 510 g/mol. The highest BCUT2D eigenvalue weighted by molar-refractivity contribution is 5.87. The molecule has 6 N–H and O–H groups in total. The fourth-order valence-corrected chi connectivity index (χ4v) is 5.42. The van der Waals surface area contributed by atoms with E-state index in [4.69, 9.17) is 23.7 Å². The average Bonchev–Trinajstić information content (AvgIpc) is 3.00. The van der Waals surface area contributed by atoms with Crippen molar-refractivity contribution in [1.82, 2.24) is 0 Å². The number of fused-ring (bicyclic) bond motifs is 2. The number of aliphatic hydroxyl groups excluding tert-OH is 5. The molecule has 0 amide bonds. The molecule has 1 aromatic carbocycles. The summed E-state index contributed by atoms with van der Waals surface area (Å²) in [6.45, 7) is -0.741. The van der Waals surface area contributed by atoms with E-state index < -0.39 is 85.5 Å². The number of hydrogen-bond donors (Lipinski definition) is 6. The second-order valence-corrected chi connectivity index (χ2v) is 9.62. The molecule has 0 spiro atoms. The molecule has 5 fully saturated rings. The van der Waals surface area contributed by atoms with E-state index in [1.807, 2.05) is 18.2 Å². The Labute approximate surface area is 206 Å². The number of ether oxygens (including phenoxy) is 5. The van der Waals surface area contributed by atoms with Crippen LogP contribution in [0, 0.1) is 11.8 Å². The van der Waals surface area contributed by atoms with E-state index in [-0.39, 0.29) is 13.0 Å². The van der Waals surface area contributed by atoms with Crippen LogP contribution in [-0.2, 0) is 28.5 Å². The standard InChI is InChI=1S/C24H30O12/c25-14(7-6-11-4-2-1-3-5-11)32-9-13-18(27)19(28)20(29)23(34-13)36-22-16-12-8-15(35-22)33-10-24(16,31)21(30)17(12)26/h1-7,12-13,15-23,26-31H,8-10H2. The third-order valence-corrected chi connectivity index (χ3v) is 7.40. The summed E-state index contributed by atoms with van der Waals surface area (Å²) in [7, 11) is 0. The molecule has 12 unspecified atom stereocenters. The van der Waals surface area contributed by atoms with Gasteiger partial charge in [0, 0.05) is 24.3 Å². The minimum atomic E-state index is -1.86. The highest BCUT2D eigenvalue weighted by atomic mass is 16.8. The molecule has 0 aromatic heterocycles. The van der Waals surface area contributed by atoms with Crippen LogP contribution in [0.25, 0.3) is 6.08 Å². The van der Waals surface area contributed by atoms with Gasteiger partial charge in [0.05, 0.1) is 12.7 Å². The number of aliphatic hydroxyl groups is 6. The Morgan fingerprint density at radius 1 is 1.00 bits per heavy atom. The third-order valence-electron chi connectivity index (χ3n) is 7.40. The first-order valence-electron chi connectivity index (χ1n) is 11.8. The van der Waals surface area contributed by atoms with Crippen LogP contribution in [0.1, 0.15) is 12.0 Å². The van der Waals surface area contributed by atoms with Crippen LogP contribution in [-0.4, -0.2) is 111 Å². The highest BCUT2D eigenvalue weighted by Gasteiger charge is 2.67. The molecule has 4 aliphatic heterocycles. The number of benzene rings is 1. The van der Waals surface area contributed by atoms with Gasteiger partial charge in [-0.05, 0) is 11.6 Å². The summed E-state index contributed by atoms with van der Waals surface area (Å²) in [6, 6.07) is 9.05. The smallest absolute Gasteiger partial charge is 0.330 e. The number of esters is 1. The molecular formula is C24H30O12. The van der Waals surface area contributed by atoms with Crippen molar-refractivity contribution in [2.45, 2.75) is 67.5 Å². The predicted octanol–water partition coefficient (Wildman–Crippen LogP) is -2.13. The Kier molecular flexibility index (Phi) is 7.18. The SMILES string of the molecule is O=C(C=Cc1ccccc1)OCC1OC(OC2OC3CC4C(O)C(O)C(O)(CO3)C24)C(O)C(O)C1O. The maximum absolute atomic E-state index is 12.1. The quantitative estimate of drug-likeness (QED) is 0.181. The van der Waals surface area contributed by atoms with E-state index in [1.165, 1.54) is 6.08 Å². The largest absolute Gasteiger partial charge is 0.460 e. The molecule has 12 nitrogen and oxygen atoms in total. The van der Waals surface area contributed by atoms with Crippen molar-refractivity contribution in [2.75, 3.05) is 13.2 Å². The molecule has 0 radical (unpaired) electrons. The summed E-state index contributed by atoms with van der Waals surface area (Å²) < 4.78 is 27.7. The van der Waals surface area contributed by atoms with Crippen molar-refractivity contribution in [2.24, 2.45) is 11.8 Å². The Balaban J connectivity index is 1.24. The molecule has 4 heterocycles. The van der Waals surface area contributed by atoms with Crippen LogP contribution < -0.4 is 0 Å². The molecule has 4 saturated heterocycles. The molecule has 36 heavy (non-hydrogen) atoms. The second-order valence-electron chi connectivity index (χ2n) is 9.62.